The minimum Gasteiger partial charge on any atom is -0.497 e. The number of rotatable bonds is 7. The molecule has 0 aliphatic heterocycles. The number of alkyl halides is 3. The van der Waals surface area contributed by atoms with E-state index in [1.807, 2.05) is 13.8 Å². The monoisotopic (exact) mass is 500 g/mol. The van der Waals surface area contributed by atoms with Gasteiger partial charge in [-0.1, -0.05) is 56.3 Å². The Hall–Kier alpha value is -4.08. The minimum absolute atomic E-state index is 0.00215. The molecule has 0 radical (unpaired) electrons. The quantitative estimate of drug-likeness (QED) is 0.369. The molecule has 0 atom stereocenters. The van der Waals surface area contributed by atoms with Crippen LogP contribution in [-0.2, 0) is 24.6 Å². The number of halogens is 3. The van der Waals surface area contributed by atoms with E-state index in [0.29, 0.717) is 11.3 Å². The first-order valence-corrected chi connectivity index (χ1v) is 11.3. The number of aryl methyl sites for hydroxylation is 1. The molecule has 2 heterocycles. The maximum atomic E-state index is 14.0. The van der Waals surface area contributed by atoms with Crippen LogP contribution < -0.4 is 14.8 Å². The third-order valence-corrected chi connectivity index (χ3v) is 5.12. The van der Waals surface area contributed by atoms with Crippen LogP contribution in [0.3, 0.4) is 0 Å². The van der Waals surface area contributed by atoms with Gasteiger partial charge in [-0.15, -0.1) is 0 Å². The van der Waals surface area contributed by atoms with Gasteiger partial charge in [0.1, 0.15) is 11.4 Å². The Labute approximate surface area is 206 Å². The fraction of sp³-hybridized carbons (Fsp3) is 0.269. The number of fused-ring (bicyclic) bond motifs is 1. The van der Waals surface area contributed by atoms with Gasteiger partial charge in [0.25, 0.3) is 5.91 Å². The molecule has 36 heavy (non-hydrogen) atoms. The van der Waals surface area contributed by atoms with Crippen molar-refractivity contribution in [2.75, 3.05) is 13.7 Å². The average Bonchev–Trinajstić information content (AvgIpc) is 3.23. The lowest BCUT2D eigenvalue weighted by Crippen LogP contribution is -2.28. The molecule has 7 nitrogen and oxygen atoms in total. The standard InChI is InChI=1S/C24H21F3N4O3.C2H6/c1-31-23-21(22(30-31)16-6-4-3-5-7-16)18(24(25,26)27)12-20(29-23)34-14-19(32)28-13-15-8-10-17(33-2)11-9-15;1-2/h3-12H,13-14H2,1-2H3,(H,28,32);1-2H3. The maximum absolute atomic E-state index is 14.0. The molecule has 0 aliphatic rings. The molecule has 0 saturated carbocycles. The summed E-state index contributed by atoms with van der Waals surface area (Å²) in [5.74, 6) is -0.130. The Morgan fingerprint density at radius 3 is 2.33 bits per heavy atom. The highest BCUT2D eigenvalue weighted by Gasteiger charge is 2.36. The summed E-state index contributed by atoms with van der Waals surface area (Å²) >= 11 is 0. The third-order valence-electron chi connectivity index (χ3n) is 5.12. The Morgan fingerprint density at radius 1 is 1.06 bits per heavy atom. The van der Waals surface area contributed by atoms with Crippen LogP contribution in [0.5, 0.6) is 11.6 Å². The van der Waals surface area contributed by atoms with E-state index in [9.17, 15) is 18.0 Å². The van der Waals surface area contributed by atoms with Crippen molar-refractivity contribution in [1.29, 1.82) is 0 Å². The fourth-order valence-corrected chi connectivity index (χ4v) is 3.45. The Kier molecular flexibility index (Phi) is 8.52. The second kappa shape index (κ2) is 11.6. The summed E-state index contributed by atoms with van der Waals surface area (Å²) in [5, 5.41) is 6.78. The van der Waals surface area contributed by atoms with Crippen molar-refractivity contribution < 1.29 is 27.4 Å². The topological polar surface area (TPSA) is 78.3 Å². The predicted molar refractivity (Wildman–Crippen MR) is 131 cm³/mol. The summed E-state index contributed by atoms with van der Waals surface area (Å²) in [7, 11) is 3.06. The number of pyridine rings is 1. The van der Waals surface area contributed by atoms with Crippen LogP contribution in [0.1, 0.15) is 25.0 Å². The number of nitrogens with one attached hydrogen (secondary N) is 1. The lowest BCUT2D eigenvalue weighted by molar-refractivity contribution is -0.136. The molecule has 0 saturated heterocycles. The van der Waals surface area contributed by atoms with Crippen molar-refractivity contribution in [3.63, 3.8) is 0 Å². The zero-order valence-corrected chi connectivity index (χ0v) is 20.4. The second-order valence-corrected chi connectivity index (χ2v) is 7.46. The average molecular weight is 501 g/mol. The van der Waals surface area contributed by atoms with Crippen LogP contribution in [0.2, 0.25) is 0 Å². The molecular formula is C26H27F3N4O3. The molecule has 1 N–H and O–H groups in total. The molecule has 0 spiro atoms. The molecule has 0 aliphatic carbocycles. The van der Waals surface area contributed by atoms with Gasteiger partial charge in [-0.25, -0.2) is 4.68 Å². The molecule has 0 unspecified atom stereocenters. The van der Waals surface area contributed by atoms with E-state index in [2.05, 4.69) is 15.4 Å². The number of aromatic nitrogens is 3. The number of benzene rings is 2. The van der Waals surface area contributed by atoms with Crippen molar-refractivity contribution in [2.45, 2.75) is 26.6 Å². The Balaban J connectivity index is 0.00000176. The molecule has 4 rings (SSSR count). The van der Waals surface area contributed by atoms with Gasteiger partial charge in [0.15, 0.2) is 12.3 Å². The normalized spacial score (nSPS) is 11.0. The van der Waals surface area contributed by atoms with Crippen molar-refractivity contribution in [3.8, 4) is 22.9 Å². The first-order chi connectivity index (χ1) is 17.3. The van der Waals surface area contributed by atoms with Gasteiger partial charge < -0.3 is 14.8 Å². The van der Waals surface area contributed by atoms with E-state index in [1.54, 1.807) is 61.7 Å². The first kappa shape index (κ1) is 26.5. The van der Waals surface area contributed by atoms with Gasteiger partial charge in [-0.05, 0) is 17.7 Å². The van der Waals surface area contributed by atoms with Crippen LogP contribution in [0, 0.1) is 0 Å². The van der Waals surface area contributed by atoms with Crippen molar-refractivity contribution in [1.82, 2.24) is 20.1 Å². The van der Waals surface area contributed by atoms with Gasteiger partial charge in [0.05, 0.1) is 18.1 Å². The van der Waals surface area contributed by atoms with Crippen LogP contribution in [0.15, 0.2) is 60.7 Å². The van der Waals surface area contributed by atoms with Gasteiger partial charge >= 0.3 is 6.18 Å². The summed E-state index contributed by atoms with van der Waals surface area (Å²) in [6.45, 7) is 3.74. The zero-order valence-electron chi connectivity index (χ0n) is 20.4. The highest BCUT2D eigenvalue weighted by atomic mass is 19.4. The maximum Gasteiger partial charge on any atom is 0.417 e. The van der Waals surface area contributed by atoms with E-state index in [-0.39, 0.29) is 29.2 Å². The number of hydrogen-bond donors (Lipinski definition) is 1. The molecule has 4 aromatic rings. The Bertz CT molecular complexity index is 1300. The van der Waals surface area contributed by atoms with Crippen molar-refractivity contribution in [2.24, 2.45) is 7.05 Å². The van der Waals surface area contributed by atoms with E-state index in [4.69, 9.17) is 9.47 Å². The number of nitrogens with zero attached hydrogens (tertiary/aromatic N) is 3. The van der Waals surface area contributed by atoms with Crippen LogP contribution in [-0.4, -0.2) is 34.4 Å². The fourth-order valence-electron chi connectivity index (χ4n) is 3.45. The molecule has 190 valence electrons. The largest absolute Gasteiger partial charge is 0.497 e. The molecule has 0 bridgehead atoms. The van der Waals surface area contributed by atoms with Crippen LogP contribution in [0.4, 0.5) is 13.2 Å². The first-order valence-electron chi connectivity index (χ1n) is 11.3. The number of carbonyl (C=O) groups excluding carboxylic acids is 1. The zero-order chi connectivity index (χ0) is 26.3. The second-order valence-electron chi connectivity index (χ2n) is 7.46. The molecule has 2 aromatic heterocycles. The summed E-state index contributed by atoms with van der Waals surface area (Å²) < 4.78 is 53.5. The highest BCUT2D eigenvalue weighted by Crippen LogP contribution is 2.40. The number of hydrogen-bond acceptors (Lipinski definition) is 5. The summed E-state index contributed by atoms with van der Waals surface area (Å²) in [6, 6.07) is 16.5. The number of carbonyl (C=O) groups is 1. The van der Waals surface area contributed by atoms with Gasteiger partial charge in [-0.3, -0.25) is 4.79 Å². The molecule has 1 amide bonds. The molecular weight excluding hydrogens is 473 g/mol. The lowest BCUT2D eigenvalue weighted by atomic mass is 10.0. The predicted octanol–water partition coefficient (Wildman–Crippen LogP) is 5.38. The number of ether oxygens (including phenoxy) is 2. The lowest BCUT2D eigenvalue weighted by Gasteiger charge is -2.12. The van der Waals surface area contributed by atoms with Gasteiger partial charge in [0, 0.05) is 25.2 Å². The summed E-state index contributed by atoms with van der Waals surface area (Å²) in [4.78, 5) is 16.4. The van der Waals surface area contributed by atoms with Gasteiger partial charge in [-0.2, -0.15) is 23.3 Å². The third kappa shape index (κ3) is 6.12. The van der Waals surface area contributed by atoms with E-state index in [0.717, 1.165) is 11.6 Å². The number of methoxy groups -OCH3 is 1. The van der Waals surface area contributed by atoms with E-state index in [1.165, 1.54) is 11.7 Å². The van der Waals surface area contributed by atoms with Crippen molar-refractivity contribution in [3.05, 3.63) is 71.8 Å². The SMILES string of the molecule is CC.COc1ccc(CNC(=O)COc2cc(C(F)(F)F)c3c(-c4ccccc4)nn(C)c3n2)cc1. The smallest absolute Gasteiger partial charge is 0.417 e. The van der Waals surface area contributed by atoms with Crippen molar-refractivity contribution >= 4 is 16.9 Å². The molecule has 10 heteroatoms. The van der Waals surface area contributed by atoms with E-state index < -0.39 is 24.3 Å². The van der Waals surface area contributed by atoms with Crippen LogP contribution >= 0.6 is 0 Å². The molecule has 0 fully saturated rings. The minimum atomic E-state index is -4.68. The van der Waals surface area contributed by atoms with Gasteiger partial charge in [0.2, 0.25) is 5.88 Å². The number of amides is 1. The summed E-state index contributed by atoms with van der Waals surface area (Å²) in [5.41, 5.74) is 0.602. The Morgan fingerprint density at radius 2 is 1.72 bits per heavy atom. The summed E-state index contributed by atoms with van der Waals surface area (Å²) in [6.07, 6.45) is -4.68. The van der Waals surface area contributed by atoms with Crippen LogP contribution in [0.25, 0.3) is 22.3 Å². The highest BCUT2D eigenvalue weighted by molar-refractivity contribution is 5.94. The van der Waals surface area contributed by atoms with E-state index >= 15 is 0 Å². The molecule has 2 aromatic carbocycles.